The topological polar surface area (TPSA) is 93.5 Å². The van der Waals surface area contributed by atoms with Crippen LogP contribution in [0.5, 0.6) is 0 Å². The Labute approximate surface area is 203 Å². The Bertz CT molecular complexity index is 1130. The number of nitrogens with one attached hydrogen (secondary N) is 2. The number of anilines is 2. The molecular weight excluding hydrogens is 452 g/mol. The first-order valence-electron chi connectivity index (χ1n) is 11.6. The van der Waals surface area contributed by atoms with Gasteiger partial charge in [-0.3, -0.25) is 15.5 Å². The number of amides is 2. The van der Waals surface area contributed by atoms with Crippen LogP contribution >= 0.6 is 11.3 Å². The van der Waals surface area contributed by atoms with Gasteiger partial charge in [-0.1, -0.05) is 17.7 Å². The molecule has 0 radical (unpaired) electrons. The first kappa shape index (κ1) is 23.0. The van der Waals surface area contributed by atoms with E-state index in [0.717, 1.165) is 61.1 Å². The Morgan fingerprint density at radius 3 is 2.62 bits per heavy atom. The molecule has 34 heavy (non-hydrogen) atoms. The minimum Gasteiger partial charge on any atom is -0.379 e. The maximum absolute atomic E-state index is 12.8. The van der Waals surface area contributed by atoms with Crippen molar-refractivity contribution in [2.75, 3.05) is 56.7 Å². The van der Waals surface area contributed by atoms with Gasteiger partial charge in [0.25, 0.3) is 0 Å². The summed E-state index contributed by atoms with van der Waals surface area (Å²) in [6.07, 6.45) is 2.75. The average molecular weight is 483 g/mol. The quantitative estimate of drug-likeness (QED) is 0.536. The van der Waals surface area contributed by atoms with Gasteiger partial charge in [0.05, 0.1) is 43.2 Å². The van der Waals surface area contributed by atoms with Gasteiger partial charge in [-0.05, 0) is 32.4 Å². The average Bonchev–Trinajstić information content (AvgIpc) is 3.44. The maximum atomic E-state index is 12.8. The number of aryl methyl sites for hydroxylation is 1. The van der Waals surface area contributed by atoms with Crippen LogP contribution in [0.2, 0.25) is 0 Å². The van der Waals surface area contributed by atoms with E-state index in [2.05, 4.69) is 27.4 Å². The van der Waals surface area contributed by atoms with Crippen molar-refractivity contribution in [1.29, 1.82) is 0 Å². The molecule has 2 aliphatic rings. The summed E-state index contributed by atoms with van der Waals surface area (Å²) in [7, 11) is 0. The third kappa shape index (κ3) is 5.15. The summed E-state index contributed by atoms with van der Waals surface area (Å²) in [6, 6.07) is 9.64. The van der Waals surface area contributed by atoms with Gasteiger partial charge >= 0.3 is 6.03 Å². The zero-order valence-electron chi connectivity index (χ0n) is 19.5. The van der Waals surface area contributed by atoms with E-state index >= 15 is 0 Å². The first-order valence-corrected chi connectivity index (χ1v) is 12.4. The minimum atomic E-state index is -0.344. The summed E-state index contributed by atoms with van der Waals surface area (Å²) in [6.45, 7) is 9.90. The summed E-state index contributed by atoms with van der Waals surface area (Å²) in [4.78, 5) is 20.8. The van der Waals surface area contributed by atoms with Crippen molar-refractivity contribution < 1.29 is 14.3 Å². The van der Waals surface area contributed by atoms with Crippen molar-refractivity contribution in [3.63, 3.8) is 0 Å². The number of morpholine rings is 1. The Kier molecular flexibility index (Phi) is 6.64. The van der Waals surface area contributed by atoms with Gasteiger partial charge in [0.1, 0.15) is 5.82 Å². The number of aromatic nitrogens is 3. The van der Waals surface area contributed by atoms with Gasteiger partial charge in [-0.15, -0.1) is 11.3 Å². The molecule has 0 atom stereocenters. The lowest BCUT2D eigenvalue weighted by molar-refractivity contribution is -0.0522. The molecule has 0 spiro atoms. The Hall–Kier alpha value is -2.79. The summed E-state index contributed by atoms with van der Waals surface area (Å²) in [5.41, 5.74) is 2.80. The molecule has 9 nitrogen and oxygen atoms in total. The molecule has 2 amide bonds. The van der Waals surface area contributed by atoms with Gasteiger partial charge in [0.15, 0.2) is 5.13 Å². The summed E-state index contributed by atoms with van der Waals surface area (Å²) in [5, 5.41) is 11.2. The molecule has 2 aromatic heterocycles. The van der Waals surface area contributed by atoms with E-state index in [0.29, 0.717) is 24.2 Å². The van der Waals surface area contributed by atoms with Gasteiger partial charge in [0, 0.05) is 36.8 Å². The van der Waals surface area contributed by atoms with Crippen molar-refractivity contribution in [1.82, 2.24) is 19.7 Å². The van der Waals surface area contributed by atoms with Crippen LogP contribution < -0.4 is 10.6 Å². The fourth-order valence-corrected chi connectivity index (χ4v) is 4.82. The second-order valence-electron chi connectivity index (χ2n) is 9.13. The van der Waals surface area contributed by atoms with Crippen LogP contribution in [0.1, 0.15) is 23.1 Å². The lowest BCUT2D eigenvalue weighted by atomic mass is 9.85. The molecule has 3 aromatic rings. The SMILES string of the molecule is Cc1ccc(-n2nc(C3(C)COC3)cc2NC(=O)Nc2ncc(CCN3CCOCC3)s2)cc1. The summed E-state index contributed by atoms with van der Waals surface area (Å²) >= 11 is 1.50. The highest BCUT2D eigenvalue weighted by atomic mass is 32.1. The molecule has 1 aromatic carbocycles. The summed E-state index contributed by atoms with van der Waals surface area (Å²) in [5.74, 6) is 0.605. The van der Waals surface area contributed by atoms with Crippen LogP contribution in [-0.2, 0) is 21.3 Å². The molecule has 4 heterocycles. The minimum absolute atomic E-state index is 0.145. The van der Waals surface area contributed by atoms with Crippen LogP contribution in [0.3, 0.4) is 0 Å². The number of thiazole rings is 1. The van der Waals surface area contributed by atoms with Gasteiger partial charge in [0.2, 0.25) is 0 Å². The van der Waals surface area contributed by atoms with Crippen molar-refractivity contribution in [3.05, 3.63) is 52.7 Å². The standard InChI is InChI=1S/C24H30N6O3S/c1-17-3-5-18(6-4-17)30-21(13-20(28-30)24(2)15-33-16-24)26-22(31)27-23-25-14-19(34-23)7-8-29-9-11-32-12-10-29/h3-6,13-14H,7-12,15-16H2,1-2H3,(H2,25,26,27,31). The fraction of sp³-hybridized carbons (Fsp3) is 0.458. The Balaban J connectivity index is 1.26. The monoisotopic (exact) mass is 482 g/mol. The lowest BCUT2D eigenvalue weighted by Gasteiger charge is -2.36. The number of carbonyl (C=O) groups excluding carboxylic acids is 1. The predicted molar refractivity (Wildman–Crippen MR) is 132 cm³/mol. The first-order chi connectivity index (χ1) is 16.5. The number of benzene rings is 1. The molecule has 0 bridgehead atoms. The van der Waals surface area contributed by atoms with E-state index < -0.39 is 0 Å². The van der Waals surface area contributed by atoms with Gasteiger partial charge < -0.3 is 9.47 Å². The van der Waals surface area contributed by atoms with Crippen LogP contribution in [0.15, 0.2) is 36.5 Å². The van der Waals surface area contributed by atoms with E-state index in [1.165, 1.54) is 11.3 Å². The number of rotatable bonds is 7. The normalized spacial score (nSPS) is 17.8. The molecule has 2 aliphatic heterocycles. The Morgan fingerprint density at radius 1 is 1.15 bits per heavy atom. The molecule has 0 unspecified atom stereocenters. The third-order valence-electron chi connectivity index (χ3n) is 6.24. The Morgan fingerprint density at radius 2 is 1.91 bits per heavy atom. The number of urea groups is 1. The van der Waals surface area contributed by atoms with E-state index in [1.54, 1.807) is 4.68 Å². The second kappa shape index (κ2) is 9.83. The zero-order valence-corrected chi connectivity index (χ0v) is 20.4. The van der Waals surface area contributed by atoms with Crippen molar-refractivity contribution >= 4 is 28.3 Å². The molecule has 5 rings (SSSR count). The molecular formula is C24H30N6O3S. The van der Waals surface area contributed by atoms with Crippen LogP contribution in [0.4, 0.5) is 15.7 Å². The number of nitrogens with zero attached hydrogens (tertiary/aromatic N) is 4. The fourth-order valence-electron chi connectivity index (χ4n) is 4.02. The highest BCUT2D eigenvalue weighted by Crippen LogP contribution is 2.33. The van der Waals surface area contributed by atoms with Gasteiger partial charge in [-0.25, -0.2) is 14.5 Å². The van der Waals surface area contributed by atoms with E-state index in [4.69, 9.17) is 14.6 Å². The molecule has 10 heteroatoms. The molecule has 0 saturated carbocycles. The molecule has 0 aliphatic carbocycles. The maximum Gasteiger partial charge on any atom is 0.326 e. The molecule has 2 saturated heterocycles. The smallest absolute Gasteiger partial charge is 0.326 e. The number of carbonyl (C=O) groups is 1. The van der Waals surface area contributed by atoms with Gasteiger partial charge in [-0.2, -0.15) is 5.10 Å². The van der Waals surface area contributed by atoms with Crippen molar-refractivity contribution in [2.24, 2.45) is 0 Å². The highest BCUT2D eigenvalue weighted by molar-refractivity contribution is 7.15. The van der Waals surface area contributed by atoms with E-state index in [1.807, 2.05) is 43.5 Å². The molecule has 2 N–H and O–H groups in total. The van der Waals surface area contributed by atoms with Crippen LogP contribution in [0.25, 0.3) is 5.69 Å². The second-order valence-corrected chi connectivity index (χ2v) is 10.2. The van der Waals surface area contributed by atoms with Crippen molar-refractivity contribution in [3.8, 4) is 5.69 Å². The zero-order chi connectivity index (χ0) is 23.5. The largest absolute Gasteiger partial charge is 0.379 e. The van der Waals surface area contributed by atoms with Crippen molar-refractivity contribution in [2.45, 2.75) is 25.7 Å². The highest BCUT2D eigenvalue weighted by Gasteiger charge is 2.38. The molecule has 2 fully saturated rings. The number of hydrogen-bond donors (Lipinski definition) is 2. The molecule has 180 valence electrons. The van der Waals surface area contributed by atoms with E-state index in [-0.39, 0.29) is 11.4 Å². The summed E-state index contributed by atoms with van der Waals surface area (Å²) < 4.78 is 12.6. The predicted octanol–water partition coefficient (Wildman–Crippen LogP) is 3.44. The van der Waals surface area contributed by atoms with Crippen LogP contribution in [-0.4, -0.2) is 71.8 Å². The number of ether oxygens (including phenoxy) is 2. The lowest BCUT2D eigenvalue weighted by Crippen LogP contribution is -2.44. The number of hydrogen-bond acceptors (Lipinski definition) is 7. The van der Waals surface area contributed by atoms with Crippen LogP contribution in [0, 0.1) is 6.92 Å². The van der Waals surface area contributed by atoms with E-state index in [9.17, 15) is 4.79 Å². The third-order valence-corrected chi connectivity index (χ3v) is 7.21.